The Morgan fingerprint density at radius 2 is 2.17 bits per heavy atom. The van der Waals surface area contributed by atoms with Crippen LogP contribution in [0.5, 0.6) is 0 Å². The summed E-state index contributed by atoms with van der Waals surface area (Å²) in [6.45, 7) is 0. The van der Waals surface area contributed by atoms with Gasteiger partial charge in [-0.1, -0.05) is 6.07 Å². The number of hydrogen-bond acceptors (Lipinski definition) is 3. The largest absolute Gasteiger partial charge is 0.476 e. The number of aromatic nitrogens is 2. The van der Waals surface area contributed by atoms with Crippen LogP contribution in [0.4, 0.5) is 10.1 Å². The van der Waals surface area contributed by atoms with Crippen LogP contribution in [-0.4, -0.2) is 27.2 Å². The summed E-state index contributed by atoms with van der Waals surface area (Å²) in [4.78, 5) is 22.5. The number of aromatic carboxylic acids is 1. The van der Waals surface area contributed by atoms with Gasteiger partial charge in [0.15, 0.2) is 5.69 Å². The fraction of sp³-hybridized carbons (Fsp3) is 0. The molecule has 0 aliphatic heterocycles. The van der Waals surface area contributed by atoms with Gasteiger partial charge < -0.3 is 10.4 Å². The van der Waals surface area contributed by atoms with E-state index in [-0.39, 0.29) is 16.9 Å². The molecule has 0 radical (unpaired) electrons. The molecule has 0 saturated heterocycles. The summed E-state index contributed by atoms with van der Waals surface area (Å²) >= 11 is 0. The average molecular weight is 249 g/mol. The maximum absolute atomic E-state index is 12.9. The third-order valence-corrected chi connectivity index (χ3v) is 2.18. The van der Waals surface area contributed by atoms with E-state index >= 15 is 0 Å². The summed E-state index contributed by atoms with van der Waals surface area (Å²) in [5.41, 5.74) is -0.191. The third kappa shape index (κ3) is 2.34. The summed E-state index contributed by atoms with van der Waals surface area (Å²) in [5.74, 6) is -2.43. The van der Waals surface area contributed by atoms with E-state index in [9.17, 15) is 14.0 Å². The first kappa shape index (κ1) is 11.8. The van der Waals surface area contributed by atoms with E-state index in [2.05, 4.69) is 15.5 Å². The standard InChI is InChI=1S/C11H8FN3O3/c12-7-3-1-2-6(4-7)10(16)14-8-5-13-15-9(8)11(17)18/h1-5H,(H,13,15)(H,14,16)(H,17,18). The number of aromatic amines is 1. The number of H-pyrrole nitrogens is 1. The average Bonchev–Trinajstić information content (AvgIpc) is 2.77. The van der Waals surface area contributed by atoms with Crippen LogP contribution in [-0.2, 0) is 0 Å². The first-order valence-electron chi connectivity index (χ1n) is 4.92. The minimum absolute atomic E-state index is 0.0248. The molecule has 2 aromatic rings. The van der Waals surface area contributed by atoms with Crippen LogP contribution in [0.2, 0.25) is 0 Å². The van der Waals surface area contributed by atoms with Gasteiger partial charge in [-0.25, -0.2) is 9.18 Å². The first-order valence-corrected chi connectivity index (χ1v) is 4.92. The second-order valence-corrected chi connectivity index (χ2v) is 3.42. The monoisotopic (exact) mass is 249 g/mol. The van der Waals surface area contributed by atoms with E-state index in [1.54, 1.807) is 0 Å². The van der Waals surface area contributed by atoms with Gasteiger partial charge in [0, 0.05) is 11.8 Å². The topological polar surface area (TPSA) is 95.1 Å². The van der Waals surface area contributed by atoms with E-state index in [0.29, 0.717) is 0 Å². The second kappa shape index (κ2) is 4.66. The van der Waals surface area contributed by atoms with Crippen molar-refractivity contribution in [3.63, 3.8) is 0 Å². The normalized spacial score (nSPS) is 10.1. The maximum atomic E-state index is 12.9. The van der Waals surface area contributed by atoms with Crippen molar-refractivity contribution in [2.24, 2.45) is 0 Å². The summed E-state index contributed by atoms with van der Waals surface area (Å²) < 4.78 is 12.9. The highest BCUT2D eigenvalue weighted by atomic mass is 19.1. The Morgan fingerprint density at radius 1 is 1.39 bits per heavy atom. The molecular formula is C11H8FN3O3. The van der Waals surface area contributed by atoms with Gasteiger partial charge in [-0.15, -0.1) is 0 Å². The number of halogens is 1. The zero-order chi connectivity index (χ0) is 13.1. The maximum Gasteiger partial charge on any atom is 0.358 e. The molecule has 0 aliphatic carbocycles. The Bertz CT molecular complexity index is 609. The molecule has 1 aromatic carbocycles. The molecule has 0 atom stereocenters. The molecule has 18 heavy (non-hydrogen) atoms. The number of carbonyl (C=O) groups excluding carboxylic acids is 1. The van der Waals surface area contributed by atoms with Gasteiger partial charge in [-0.2, -0.15) is 5.10 Å². The second-order valence-electron chi connectivity index (χ2n) is 3.42. The van der Waals surface area contributed by atoms with E-state index < -0.39 is 17.7 Å². The quantitative estimate of drug-likeness (QED) is 0.768. The molecule has 2 rings (SSSR count). The van der Waals surface area contributed by atoms with Crippen molar-refractivity contribution in [1.29, 1.82) is 0 Å². The highest BCUT2D eigenvalue weighted by molar-refractivity contribution is 6.07. The summed E-state index contributed by atoms with van der Waals surface area (Å²) in [6, 6.07) is 5.06. The predicted octanol–water partition coefficient (Wildman–Crippen LogP) is 1.50. The van der Waals surface area contributed by atoms with Gasteiger partial charge in [0.05, 0.1) is 5.69 Å². The SMILES string of the molecule is O=C(Nc1c[nH]nc1C(=O)O)c1cccc(F)c1. The molecule has 0 aliphatic rings. The van der Waals surface area contributed by atoms with E-state index in [1.165, 1.54) is 24.4 Å². The number of hydrogen-bond donors (Lipinski definition) is 3. The molecule has 1 amide bonds. The fourth-order valence-electron chi connectivity index (χ4n) is 1.37. The Balaban J connectivity index is 2.21. The number of carbonyl (C=O) groups is 2. The van der Waals surface area contributed by atoms with Crippen LogP contribution >= 0.6 is 0 Å². The summed E-state index contributed by atoms with van der Waals surface area (Å²) in [6.07, 6.45) is 1.24. The lowest BCUT2D eigenvalue weighted by molar-refractivity contribution is 0.0691. The minimum Gasteiger partial charge on any atom is -0.476 e. The highest BCUT2D eigenvalue weighted by Crippen LogP contribution is 2.13. The number of anilines is 1. The van der Waals surface area contributed by atoms with Crippen molar-refractivity contribution in [3.8, 4) is 0 Å². The zero-order valence-electron chi connectivity index (χ0n) is 8.98. The number of amides is 1. The molecule has 0 unspecified atom stereocenters. The van der Waals surface area contributed by atoms with Gasteiger partial charge in [-0.05, 0) is 18.2 Å². The number of nitrogens with zero attached hydrogens (tertiary/aromatic N) is 1. The molecule has 1 aromatic heterocycles. The number of carboxylic acid groups (broad SMARTS) is 1. The molecule has 7 heteroatoms. The van der Waals surface area contributed by atoms with Crippen LogP contribution in [0.3, 0.4) is 0 Å². The van der Waals surface area contributed by atoms with E-state index in [0.717, 1.165) is 6.07 Å². The number of carboxylic acids is 1. The van der Waals surface area contributed by atoms with E-state index in [1.807, 2.05) is 0 Å². The van der Waals surface area contributed by atoms with Crippen LogP contribution in [0.1, 0.15) is 20.8 Å². The molecule has 3 N–H and O–H groups in total. The van der Waals surface area contributed by atoms with Gasteiger partial charge >= 0.3 is 5.97 Å². The fourth-order valence-corrected chi connectivity index (χ4v) is 1.37. The smallest absolute Gasteiger partial charge is 0.358 e. The van der Waals surface area contributed by atoms with Crippen LogP contribution in [0.15, 0.2) is 30.5 Å². The lowest BCUT2D eigenvalue weighted by atomic mass is 10.2. The summed E-state index contributed by atoms with van der Waals surface area (Å²) in [5, 5.41) is 16.9. The Hall–Kier alpha value is -2.70. The van der Waals surface area contributed by atoms with Crippen molar-refractivity contribution in [2.75, 3.05) is 5.32 Å². The molecule has 6 nitrogen and oxygen atoms in total. The first-order chi connectivity index (χ1) is 8.58. The number of benzene rings is 1. The van der Waals surface area contributed by atoms with Crippen LogP contribution in [0.25, 0.3) is 0 Å². The van der Waals surface area contributed by atoms with Crippen molar-refractivity contribution in [2.45, 2.75) is 0 Å². The van der Waals surface area contributed by atoms with Crippen molar-refractivity contribution in [1.82, 2.24) is 10.2 Å². The van der Waals surface area contributed by atoms with Crippen LogP contribution < -0.4 is 5.32 Å². The minimum atomic E-state index is -1.27. The highest BCUT2D eigenvalue weighted by Gasteiger charge is 2.16. The predicted molar refractivity (Wildman–Crippen MR) is 59.9 cm³/mol. The van der Waals surface area contributed by atoms with Crippen molar-refractivity contribution in [3.05, 3.63) is 47.5 Å². The number of rotatable bonds is 3. The van der Waals surface area contributed by atoms with E-state index in [4.69, 9.17) is 5.11 Å². The molecule has 0 saturated carbocycles. The summed E-state index contributed by atoms with van der Waals surface area (Å²) in [7, 11) is 0. The molecule has 1 heterocycles. The lowest BCUT2D eigenvalue weighted by Gasteiger charge is -2.03. The van der Waals surface area contributed by atoms with Crippen molar-refractivity contribution >= 4 is 17.6 Å². The molecule has 0 bridgehead atoms. The molecule has 0 fully saturated rings. The van der Waals surface area contributed by atoms with Gasteiger partial charge in [0.2, 0.25) is 0 Å². The van der Waals surface area contributed by atoms with Gasteiger partial charge in [-0.3, -0.25) is 9.89 Å². The third-order valence-electron chi connectivity index (χ3n) is 2.18. The Kier molecular flexibility index (Phi) is 3.05. The van der Waals surface area contributed by atoms with Gasteiger partial charge in [0.25, 0.3) is 5.91 Å². The van der Waals surface area contributed by atoms with Crippen molar-refractivity contribution < 1.29 is 19.1 Å². The van der Waals surface area contributed by atoms with Crippen LogP contribution in [0, 0.1) is 5.82 Å². The Morgan fingerprint density at radius 3 is 2.83 bits per heavy atom. The molecule has 0 spiro atoms. The number of nitrogens with one attached hydrogen (secondary N) is 2. The molecular weight excluding hydrogens is 241 g/mol. The zero-order valence-corrected chi connectivity index (χ0v) is 8.98. The van der Waals surface area contributed by atoms with Gasteiger partial charge in [0.1, 0.15) is 5.82 Å². The Labute approximate surface area is 100 Å². The lowest BCUT2D eigenvalue weighted by Crippen LogP contribution is -2.14. The molecule has 92 valence electrons.